The fourth-order valence-electron chi connectivity index (χ4n) is 1.93. The Labute approximate surface area is 118 Å². The Morgan fingerprint density at radius 2 is 1.85 bits per heavy atom. The number of methoxy groups -OCH3 is 1. The lowest BCUT2D eigenvalue weighted by Gasteiger charge is -2.08. The summed E-state index contributed by atoms with van der Waals surface area (Å²) in [6.07, 6.45) is 0.995. The Bertz CT molecular complexity index is 579. The van der Waals surface area contributed by atoms with Gasteiger partial charge in [-0.15, -0.1) is 0 Å². The van der Waals surface area contributed by atoms with E-state index in [2.05, 4.69) is 5.32 Å². The first-order valence-electron chi connectivity index (χ1n) is 6.40. The standard InChI is InChI=1S/C16H17NO3/c1-20-15-5-3-2-4-12(15)6-11-16(19)17-13-7-9-14(18)10-8-13/h2-5,7-10,18H,6,11H2,1H3,(H,17,19). The van der Waals surface area contributed by atoms with Crippen LogP contribution in [-0.4, -0.2) is 18.1 Å². The highest BCUT2D eigenvalue weighted by Gasteiger charge is 2.06. The van der Waals surface area contributed by atoms with Crippen LogP contribution in [0.5, 0.6) is 11.5 Å². The van der Waals surface area contributed by atoms with Crippen LogP contribution in [-0.2, 0) is 11.2 Å². The van der Waals surface area contributed by atoms with Crippen molar-refractivity contribution in [1.29, 1.82) is 0 Å². The van der Waals surface area contributed by atoms with Crippen LogP contribution in [0.4, 0.5) is 5.69 Å². The van der Waals surface area contributed by atoms with Crippen molar-refractivity contribution in [3.05, 3.63) is 54.1 Å². The number of aryl methyl sites for hydroxylation is 1. The first-order chi connectivity index (χ1) is 9.69. The predicted octanol–water partition coefficient (Wildman–Crippen LogP) is 2.97. The molecular weight excluding hydrogens is 254 g/mol. The molecule has 0 aliphatic heterocycles. The molecule has 0 radical (unpaired) electrons. The lowest BCUT2D eigenvalue weighted by Crippen LogP contribution is -2.12. The second-order valence-electron chi connectivity index (χ2n) is 4.41. The normalized spacial score (nSPS) is 10.1. The largest absolute Gasteiger partial charge is 0.508 e. The van der Waals surface area contributed by atoms with Gasteiger partial charge >= 0.3 is 0 Å². The second kappa shape index (κ2) is 6.61. The second-order valence-corrected chi connectivity index (χ2v) is 4.41. The summed E-state index contributed by atoms with van der Waals surface area (Å²) in [4.78, 5) is 11.9. The first-order valence-corrected chi connectivity index (χ1v) is 6.40. The maximum atomic E-state index is 11.9. The van der Waals surface area contributed by atoms with E-state index >= 15 is 0 Å². The molecule has 0 fully saturated rings. The fraction of sp³-hybridized carbons (Fsp3) is 0.188. The van der Waals surface area contributed by atoms with Crippen LogP contribution in [0.25, 0.3) is 0 Å². The molecule has 0 unspecified atom stereocenters. The highest BCUT2D eigenvalue weighted by atomic mass is 16.5. The third kappa shape index (κ3) is 3.75. The molecule has 2 N–H and O–H groups in total. The van der Waals surface area contributed by atoms with Gasteiger partial charge in [0.1, 0.15) is 11.5 Å². The summed E-state index contributed by atoms with van der Waals surface area (Å²) in [5.74, 6) is 0.906. The van der Waals surface area contributed by atoms with Crippen LogP contribution < -0.4 is 10.1 Å². The average molecular weight is 271 g/mol. The number of benzene rings is 2. The van der Waals surface area contributed by atoms with Gasteiger partial charge in [-0.3, -0.25) is 4.79 Å². The van der Waals surface area contributed by atoms with Crippen molar-refractivity contribution in [3.63, 3.8) is 0 Å². The number of para-hydroxylation sites is 1. The lowest BCUT2D eigenvalue weighted by molar-refractivity contribution is -0.116. The smallest absolute Gasteiger partial charge is 0.224 e. The van der Waals surface area contributed by atoms with Gasteiger partial charge in [0.25, 0.3) is 0 Å². The molecule has 0 atom stereocenters. The summed E-state index contributed by atoms with van der Waals surface area (Å²) >= 11 is 0. The van der Waals surface area contributed by atoms with Crippen molar-refractivity contribution in [3.8, 4) is 11.5 Å². The molecule has 2 aromatic rings. The summed E-state index contributed by atoms with van der Waals surface area (Å²) in [6.45, 7) is 0. The minimum absolute atomic E-state index is 0.0680. The number of nitrogens with one attached hydrogen (secondary N) is 1. The van der Waals surface area contributed by atoms with E-state index in [4.69, 9.17) is 4.74 Å². The number of ether oxygens (including phenoxy) is 1. The number of hydrogen-bond donors (Lipinski definition) is 2. The van der Waals surface area contributed by atoms with E-state index < -0.39 is 0 Å². The third-order valence-corrected chi connectivity index (χ3v) is 2.96. The van der Waals surface area contributed by atoms with Gasteiger partial charge in [-0.2, -0.15) is 0 Å². The molecule has 0 bridgehead atoms. The van der Waals surface area contributed by atoms with Gasteiger partial charge in [0.2, 0.25) is 5.91 Å². The van der Waals surface area contributed by atoms with Crippen LogP contribution in [0, 0.1) is 0 Å². The summed E-state index contributed by atoms with van der Waals surface area (Å²) in [5.41, 5.74) is 1.68. The van der Waals surface area contributed by atoms with Gasteiger partial charge in [-0.25, -0.2) is 0 Å². The number of phenols is 1. The third-order valence-electron chi connectivity index (χ3n) is 2.96. The molecule has 0 aromatic heterocycles. The lowest BCUT2D eigenvalue weighted by atomic mass is 10.1. The molecule has 1 amide bonds. The van der Waals surface area contributed by atoms with Gasteiger partial charge in [-0.1, -0.05) is 18.2 Å². The van der Waals surface area contributed by atoms with Crippen molar-refractivity contribution in [1.82, 2.24) is 0 Å². The Hall–Kier alpha value is -2.49. The SMILES string of the molecule is COc1ccccc1CCC(=O)Nc1ccc(O)cc1. The molecule has 20 heavy (non-hydrogen) atoms. The Morgan fingerprint density at radius 1 is 1.15 bits per heavy atom. The summed E-state index contributed by atoms with van der Waals surface area (Å²) in [6, 6.07) is 14.1. The number of rotatable bonds is 5. The zero-order valence-electron chi connectivity index (χ0n) is 11.3. The van der Waals surface area contributed by atoms with E-state index in [1.165, 1.54) is 12.1 Å². The van der Waals surface area contributed by atoms with E-state index in [0.29, 0.717) is 18.5 Å². The molecule has 4 nitrogen and oxygen atoms in total. The van der Waals surface area contributed by atoms with Crippen LogP contribution in [0.1, 0.15) is 12.0 Å². The minimum Gasteiger partial charge on any atom is -0.508 e. The molecule has 4 heteroatoms. The summed E-state index contributed by atoms with van der Waals surface area (Å²) < 4.78 is 5.25. The number of hydrogen-bond acceptors (Lipinski definition) is 3. The number of carbonyl (C=O) groups is 1. The highest BCUT2D eigenvalue weighted by molar-refractivity contribution is 5.90. The molecule has 0 aliphatic carbocycles. The molecule has 2 rings (SSSR count). The fourth-order valence-corrected chi connectivity index (χ4v) is 1.93. The maximum absolute atomic E-state index is 11.9. The van der Waals surface area contributed by atoms with E-state index in [1.807, 2.05) is 24.3 Å². The van der Waals surface area contributed by atoms with Crippen molar-refractivity contribution in [2.45, 2.75) is 12.8 Å². The van der Waals surface area contributed by atoms with Crippen LogP contribution in [0.3, 0.4) is 0 Å². The predicted molar refractivity (Wildman–Crippen MR) is 78.1 cm³/mol. The zero-order valence-corrected chi connectivity index (χ0v) is 11.3. The van der Waals surface area contributed by atoms with E-state index in [1.54, 1.807) is 19.2 Å². The highest BCUT2D eigenvalue weighted by Crippen LogP contribution is 2.19. The van der Waals surface area contributed by atoms with E-state index in [9.17, 15) is 9.90 Å². The van der Waals surface area contributed by atoms with Crippen molar-refractivity contribution < 1.29 is 14.6 Å². The molecule has 0 heterocycles. The van der Waals surface area contributed by atoms with Gasteiger partial charge in [-0.05, 0) is 42.3 Å². The molecule has 0 saturated heterocycles. The van der Waals surface area contributed by atoms with Crippen LogP contribution >= 0.6 is 0 Å². The van der Waals surface area contributed by atoms with Crippen LogP contribution in [0.15, 0.2) is 48.5 Å². The zero-order chi connectivity index (χ0) is 14.4. The van der Waals surface area contributed by atoms with E-state index in [0.717, 1.165) is 11.3 Å². The molecular formula is C16H17NO3. The van der Waals surface area contributed by atoms with Crippen molar-refractivity contribution in [2.24, 2.45) is 0 Å². The van der Waals surface area contributed by atoms with Gasteiger partial charge in [0.05, 0.1) is 7.11 Å². The first kappa shape index (κ1) is 13.9. The molecule has 0 aliphatic rings. The Morgan fingerprint density at radius 3 is 2.55 bits per heavy atom. The molecule has 0 spiro atoms. The number of anilines is 1. The number of carbonyl (C=O) groups excluding carboxylic acids is 1. The Kier molecular flexibility index (Phi) is 4.60. The van der Waals surface area contributed by atoms with Crippen molar-refractivity contribution >= 4 is 11.6 Å². The average Bonchev–Trinajstić information content (AvgIpc) is 2.48. The van der Waals surface area contributed by atoms with Crippen LogP contribution in [0.2, 0.25) is 0 Å². The molecule has 0 saturated carbocycles. The quantitative estimate of drug-likeness (QED) is 0.822. The van der Waals surface area contributed by atoms with Gasteiger partial charge < -0.3 is 15.2 Å². The van der Waals surface area contributed by atoms with Crippen molar-refractivity contribution in [2.75, 3.05) is 12.4 Å². The molecule has 2 aromatic carbocycles. The van der Waals surface area contributed by atoms with Gasteiger partial charge in [0, 0.05) is 12.1 Å². The number of phenolic OH excluding ortho intramolecular Hbond substituents is 1. The van der Waals surface area contributed by atoms with Gasteiger partial charge in [0.15, 0.2) is 0 Å². The summed E-state index contributed by atoms with van der Waals surface area (Å²) in [5, 5.41) is 12.0. The minimum atomic E-state index is -0.0680. The number of amides is 1. The molecule has 104 valence electrons. The number of aromatic hydroxyl groups is 1. The summed E-state index contributed by atoms with van der Waals surface area (Å²) in [7, 11) is 1.62. The topological polar surface area (TPSA) is 58.6 Å². The Balaban J connectivity index is 1.90. The maximum Gasteiger partial charge on any atom is 0.224 e. The monoisotopic (exact) mass is 271 g/mol. The van der Waals surface area contributed by atoms with E-state index in [-0.39, 0.29) is 11.7 Å².